The highest BCUT2D eigenvalue weighted by molar-refractivity contribution is 7.13. The molecule has 3 aromatic rings. The van der Waals surface area contributed by atoms with Crippen molar-refractivity contribution in [2.45, 2.75) is 25.8 Å². The van der Waals surface area contributed by atoms with E-state index in [0.29, 0.717) is 25.9 Å². The van der Waals surface area contributed by atoms with Crippen LogP contribution in [0.25, 0.3) is 0 Å². The Morgan fingerprint density at radius 1 is 1.03 bits per heavy atom. The van der Waals surface area contributed by atoms with Crippen LogP contribution in [0.3, 0.4) is 0 Å². The van der Waals surface area contributed by atoms with Crippen LogP contribution in [-0.4, -0.2) is 47.9 Å². The molecule has 8 heteroatoms. The number of thiophene rings is 1. The highest BCUT2D eigenvalue weighted by atomic mass is 32.1. The number of hydrogen-bond acceptors (Lipinski definition) is 6. The fourth-order valence-corrected chi connectivity index (χ4v) is 6.25. The van der Waals surface area contributed by atoms with Gasteiger partial charge in [0, 0.05) is 54.7 Å². The minimum absolute atomic E-state index is 0.0879. The number of thiazole rings is 1. The number of piperidine rings is 1. The van der Waals surface area contributed by atoms with Crippen LogP contribution in [0.2, 0.25) is 0 Å². The Balaban J connectivity index is 1.40. The number of carbonyl (C=O) groups excluding carboxylic acids is 2. The third-order valence-electron chi connectivity index (χ3n) is 6.34. The molecule has 4 heterocycles. The summed E-state index contributed by atoms with van der Waals surface area (Å²) in [5.41, 5.74) is 2.02. The second-order valence-corrected chi connectivity index (χ2v) is 10.2. The molecular weight excluding hydrogens is 440 g/mol. The maximum atomic E-state index is 13.8. The average molecular weight is 467 g/mol. The average Bonchev–Trinajstić information content (AvgIpc) is 3.54. The molecule has 0 bridgehead atoms. The summed E-state index contributed by atoms with van der Waals surface area (Å²) in [5.74, 6) is 0.00996. The van der Waals surface area contributed by atoms with E-state index >= 15 is 0 Å². The first-order chi connectivity index (χ1) is 15.6. The van der Waals surface area contributed by atoms with E-state index in [2.05, 4.69) is 16.0 Å². The third kappa shape index (κ3) is 4.04. The summed E-state index contributed by atoms with van der Waals surface area (Å²) >= 11 is 3.25. The van der Waals surface area contributed by atoms with Crippen LogP contribution in [0.4, 0.5) is 10.8 Å². The summed E-state index contributed by atoms with van der Waals surface area (Å²) in [6.07, 6.45) is 2.81. The molecule has 0 radical (unpaired) electrons. The van der Waals surface area contributed by atoms with Gasteiger partial charge >= 0.3 is 0 Å². The number of amides is 2. The van der Waals surface area contributed by atoms with E-state index in [1.165, 1.54) is 0 Å². The molecule has 2 atom stereocenters. The van der Waals surface area contributed by atoms with Gasteiger partial charge in [-0.15, -0.1) is 22.7 Å². The van der Waals surface area contributed by atoms with Crippen molar-refractivity contribution in [3.8, 4) is 0 Å². The lowest BCUT2D eigenvalue weighted by atomic mass is 9.85. The molecule has 0 N–H and O–H groups in total. The monoisotopic (exact) mass is 466 g/mol. The van der Waals surface area contributed by atoms with Gasteiger partial charge in [-0.25, -0.2) is 4.98 Å². The second kappa shape index (κ2) is 9.03. The molecule has 2 aromatic heterocycles. The van der Waals surface area contributed by atoms with Crippen LogP contribution in [0.1, 0.15) is 29.3 Å². The standard InChI is InChI=1S/C24H26N4O2S2/c1-17-4-6-18(7-5-17)28-21(29)9-8-19(22(28)20-3-2-15-31-20)23(30)26-11-13-27(14-12-26)24-25-10-16-32-24/h2-7,10,15-16,19,22H,8-9,11-14H2,1H3. The molecule has 5 rings (SSSR count). The molecular formula is C24H26N4O2S2. The molecule has 0 aliphatic carbocycles. The largest absolute Gasteiger partial charge is 0.345 e. The van der Waals surface area contributed by atoms with Crippen LogP contribution in [-0.2, 0) is 9.59 Å². The summed E-state index contributed by atoms with van der Waals surface area (Å²) in [4.78, 5) is 38.4. The molecule has 2 aliphatic rings. The maximum Gasteiger partial charge on any atom is 0.228 e. The van der Waals surface area contributed by atoms with E-state index in [1.807, 2.05) is 64.0 Å². The van der Waals surface area contributed by atoms with E-state index in [9.17, 15) is 9.59 Å². The van der Waals surface area contributed by atoms with Crippen molar-refractivity contribution < 1.29 is 9.59 Å². The van der Waals surface area contributed by atoms with Gasteiger partial charge in [0.05, 0.1) is 12.0 Å². The molecule has 2 amide bonds. The normalized spacial score (nSPS) is 21.8. The molecule has 166 valence electrons. The van der Waals surface area contributed by atoms with Crippen LogP contribution in [0.15, 0.2) is 53.4 Å². The van der Waals surface area contributed by atoms with Crippen LogP contribution in [0, 0.1) is 12.8 Å². The Hall–Kier alpha value is -2.71. The smallest absolute Gasteiger partial charge is 0.228 e. The Morgan fingerprint density at radius 3 is 2.47 bits per heavy atom. The number of rotatable bonds is 4. The minimum Gasteiger partial charge on any atom is -0.345 e. The molecule has 0 saturated carbocycles. The second-order valence-electron chi connectivity index (χ2n) is 8.33. The first-order valence-corrected chi connectivity index (χ1v) is 12.7. The topological polar surface area (TPSA) is 56.8 Å². The fraction of sp³-hybridized carbons (Fsp3) is 0.375. The first-order valence-electron chi connectivity index (χ1n) is 11.0. The summed E-state index contributed by atoms with van der Waals surface area (Å²) < 4.78 is 0. The van der Waals surface area contributed by atoms with Gasteiger partial charge in [-0.3, -0.25) is 9.59 Å². The molecule has 2 saturated heterocycles. The fourth-order valence-electron chi connectivity index (χ4n) is 4.67. The van der Waals surface area contributed by atoms with E-state index < -0.39 is 0 Å². The third-order valence-corrected chi connectivity index (χ3v) is 8.12. The number of aromatic nitrogens is 1. The van der Waals surface area contributed by atoms with Gasteiger partial charge < -0.3 is 14.7 Å². The van der Waals surface area contributed by atoms with Gasteiger partial charge in [0.25, 0.3) is 0 Å². The van der Waals surface area contributed by atoms with Crippen molar-refractivity contribution in [1.82, 2.24) is 9.88 Å². The first kappa shape index (κ1) is 21.2. The van der Waals surface area contributed by atoms with Gasteiger partial charge in [-0.1, -0.05) is 23.8 Å². The van der Waals surface area contributed by atoms with Gasteiger partial charge in [-0.2, -0.15) is 0 Å². The summed E-state index contributed by atoms with van der Waals surface area (Å²) in [6.45, 7) is 4.98. The summed E-state index contributed by atoms with van der Waals surface area (Å²) in [5, 5.41) is 5.02. The summed E-state index contributed by atoms with van der Waals surface area (Å²) in [6, 6.07) is 11.8. The number of hydrogen-bond donors (Lipinski definition) is 0. The van der Waals surface area contributed by atoms with Gasteiger partial charge in [0.15, 0.2) is 5.13 Å². The number of piperazine rings is 1. The van der Waals surface area contributed by atoms with Crippen molar-refractivity contribution >= 4 is 45.3 Å². The zero-order valence-corrected chi connectivity index (χ0v) is 19.6. The highest BCUT2D eigenvalue weighted by Gasteiger charge is 2.43. The zero-order chi connectivity index (χ0) is 22.1. The van der Waals surface area contributed by atoms with E-state index in [4.69, 9.17) is 0 Å². The molecule has 0 spiro atoms. The van der Waals surface area contributed by atoms with Crippen LogP contribution in [0.5, 0.6) is 0 Å². The van der Waals surface area contributed by atoms with Crippen molar-refractivity contribution in [1.29, 1.82) is 0 Å². The van der Waals surface area contributed by atoms with E-state index in [-0.39, 0.29) is 23.8 Å². The van der Waals surface area contributed by atoms with Crippen LogP contribution >= 0.6 is 22.7 Å². The molecule has 32 heavy (non-hydrogen) atoms. The van der Waals surface area contributed by atoms with Gasteiger partial charge in [0.1, 0.15) is 0 Å². The van der Waals surface area contributed by atoms with Crippen molar-refractivity contribution in [3.63, 3.8) is 0 Å². The number of nitrogens with zero attached hydrogens (tertiary/aromatic N) is 4. The van der Waals surface area contributed by atoms with Crippen LogP contribution < -0.4 is 9.80 Å². The van der Waals surface area contributed by atoms with Gasteiger partial charge in [-0.05, 0) is 36.9 Å². The Labute approximate surface area is 196 Å². The predicted octanol–water partition coefficient (Wildman–Crippen LogP) is 4.35. The molecule has 2 fully saturated rings. The number of benzene rings is 1. The number of anilines is 2. The lowest BCUT2D eigenvalue weighted by Gasteiger charge is -2.43. The van der Waals surface area contributed by atoms with Gasteiger partial charge in [0.2, 0.25) is 11.8 Å². The van der Waals surface area contributed by atoms with E-state index in [0.717, 1.165) is 34.3 Å². The Morgan fingerprint density at radius 2 is 1.81 bits per heavy atom. The lowest BCUT2D eigenvalue weighted by molar-refractivity contribution is -0.138. The van der Waals surface area contributed by atoms with Crippen molar-refractivity contribution in [3.05, 3.63) is 63.8 Å². The summed E-state index contributed by atoms with van der Waals surface area (Å²) in [7, 11) is 0. The zero-order valence-electron chi connectivity index (χ0n) is 18.0. The number of carbonyl (C=O) groups is 2. The van der Waals surface area contributed by atoms with E-state index in [1.54, 1.807) is 22.7 Å². The molecule has 2 unspecified atom stereocenters. The van der Waals surface area contributed by atoms with Crippen molar-refractivity contribution in [2.75, 3.05) is 36.0 Å². The maximum absolute atomic E-state index is 13.8. The molecule has 2 aliphatic heterocycles. The quantitative estimate of drug-likeness (QED) is 0.574. The molecule has 6 nitrogen and oxygen atoms in total. The highest BCUT2D eigenvalue weighted by Crippen LogP contribution is 2.42. The number of aryl methyl sites for hydroxylation is 1. The SMILES string of the molecule is Cc1ccc(N2C(=O)CCC(C(=O)N3CCN(c4nccs4)CC3)C2c2cccs2)cc1. The predicted molar refractivity (Wildman–Crippen MR) is 129 cm³/mol. The minimum atomic E-state index is -0.261. The lowest BCUT2D eigenvalue weighted by Crippen LogP contribution is -2.54. The Bertz CT molecular complexity index is 1060. The Kier molecular flexibility index (Phi) is 5.97. The van der Waals surface area contributed by atoms with Crippen molar-refractivity contribution in [2.24, 2.45) is 5.92 Å². The molecule has 1 aromatic carbocycles.